The first-order chi connectivity index (χ1) is 7.52. The van der Waals surface area contributed by atoms with E-state index in [4.69, 9.17) is 0 Å². The van der Waals surface area contributed by atoms with E-state index in [9.17, 15) is 0 Å². The lowest BCUT2D eigenvalue weighted by Gasteiger charge is -2.11. The molecule has 0 spiro atoms. The van der Waals surface area contributed by atoms with Crippen molar-refractivity contribution in [3.05, 3.63) is 11.9 Å². The Hall–Kier alpha value is -0.770. The van der Waals surface area contributed by atoms with Crippen LogP contribution in [0, 0.1) is 0 Å². The van der Waals surface area contributed by atoms with E-state index in [1.54, 1.807) is 11.8 Å². The van der Waals surface area contributed by atoms with Crippen LogP contribution in [0.2, 0.25) is 0 Å². The van der Waals surface area contributed by atoms with Gasteiger partial charge in [-0.1, -0.05) is 27.7 Å². The number of nitrogens with one attached hydrogen (secondary N) is 1. The minimum Gasteiger partial charge on any atom is -0.370 e. The molecule has 1 rings (SSSR count). The molecule has 0 atom stereocenters. The van der Waals surface area contributed by atoms with E-state index in [1.165, 1.54) is 0 Å². The second kappa shape index (κ2) is 6.09. The molecule has 1 heterocycles. The van der Waals surface area contributed by atoms with Gasteiger partial charge >= 0.3 is 0 Å². The normalized spacial score (nSPS) is 11.2. The fraction of sp³-hybridized carbons (Fsp3) is 0.667. The zero-order chi connectivity index (χ0) is 12.1. The number of aromatic nitrogens is 2. The summed E-state index contributed by atoms with van der Waals surface area (Å²) in [5.41, 5.74) is 0. The van der Waals surface area contributed by atoms with E-state index in [-0.39, 0.29) is 0 Å². The lowest BCUT2D eigenvalue weighted by Crippen LogP contribution is -2.06. The molecule has 0 radical (unpaired) electrons. The van der Waals surface area contributed by atoms with Gasteiger partial charge < -0.3 is 5.32 Å². The van der Waals surface area contributed by atoms with Gasteiger partial charge in [0.25, 0.3) is 0 Å². The molecule has 0 saturated carbocycles. The van der Waals surface area contributed by atoms with Crippen molar-refractivity contribution >= 4 is 17.6 Å². The molecule has 16 heavy (non-hydrogen) atoms. The first kappa shape index (κ1) is 13.3. The zero-order valence-electron chi connectivity index (χ0n) is 10.7. The van der Waals surface area contributed by atoms with Crippen LogP contribution in [-0.2, 0) is 0 Å². The van der Waals surface area contributed by atoms with E-state index in [0.717, 1.165) is 23.2 Å². The molecular formula is C12H21N3S. The summed E-state index contributed by atoms with van der Waals surface area (Å²) in [4.78, 5) is 9.06. The Kier molecular flexibility index (Phi) is 5.06. The van der Waals surface area contributed by atoms with E-state index in [2.05, 4.69) is 49.9 Å². The number of hydrogen-bond acceptors (Lipinski definition) is 4. The summed E-state index contributed by atoms with van der Waals surface area (Å²) in [5.74, 6) is 2.22. The van der Waals surface area contributed by atoms with Gasteiger partial charge in [0.1, 0.15) is 16.7 Å². The molecule has 0 unspecified atom stereocenters. The molecule has 3 nitrogen and oxygen atoms in total. The Morgan fingerprint density at radius 1 is 1.25 bits per heavy atom. The highest BCUT2D eigenvalue weighted by molar-refractivity contribution is 7.99. The monoisotopic (exact) mass is 239 g/mol. The minimum atomic E-state index is 0.366. The van der Waals surface area contributed by atoms with Crippen molar-refractivity contribution in [2.45, 2.75) is 50.8 Å². The van der Waals surface area contributed by atoms with Crippen LogP contribution < -0.4 is 5.32 Å². The smallest absolute Gasteiger partial charge is 0.134 e. The number of anilines is 1. The van der Waals surface area contributed by atoms with Crippen molar-refractivity contribution in [2.24, 2.45) is 0 Å². The molecular weight excluding hydrogens is 218 g/mol. The van der Waals surface area contributed by atoms with Crippen LogP contribution in [0.1, 0.15) is 46.4 Å². The van der Waals surface area contributed by atoms with Crippen LogP contribution in [-0.4, -0.2) is 21.8 Å². The maximum atomic E-state index is 4.57. The van der Waals surface area contributed by atoms with Crippen molar-refractivity contribution in [3.8, 4) is 0 Å². The van der Waals surface area contributed by atoms with Gasteiger partial charge in [0.05, 0.1) is 0 Å². The summed E-state index contributed by atoms with van der Waals surface area (Å²) < 4.78 is 0. The summed E-state index contributed by atoms with van der Waals surface area (Å²) in [6.45, 7) is 11.6. The number of rotatable bonds is 5. The number of hydrogen-bond donors (Lipinski definition) is 1. The van der Waals surface area contributed by atoms with Crippen LogP contribution >= 0.6 is 11.8 Å². The minimum absolute atomic E-state index is 0.366. The topological polar surface area (TPSA) is 37.8 Å². The van der Waals surface area contributed by atoms with Gasteiger partial charge in [-0.05, 0) is 6.92 Å². The summed E-state index contributed by atoms with van der Waals surface area (Å²) in [6, 6.07) is 2.03. The van der Waals surface area contributed by atoms with Crippen LogP contribution in [0.3, 0.4) is 0 Å². The molecule has 0 aliphatic carbocycles. The average molecular weight is 239 g/mol. The van der Waals surface area contributed by atoms with Gasteiger partial charge in [-0.15, -0.1) is 11.8 Å². The fourth-order valence-corrected chi connectivity index (χ4v) is 2.08. The van der Waals surface area contributed by atoms with Crippen LogP contribution in [0.25, 0.3) is 0 Å². The predicted molar refractivity (Wildman–Crippen MR) is 71.3 cm³/mol. The number of nitrogens with zero attached hydrogens (tertiary/aromatic N) is 2. The van der Waals surface area contributed by atoms with Crippen molar-refractivity contribution < 1.29 is 0 Å². The molecule has 90 valence electrons. The molecule has 0 amide bonds. The lowest BCUT2D eigenvalue weighted by molar-refractivity contribution is 0.754. The zero-order valence-corrected chi connectivity index (χ0v) is 11.6. The van der Waals surface area contributed by atoms with Crippen molar-refractivity contribution in [3.63, 3.8) is 0 Å². The van der Waals surface area contributed by atoms with Crippen LogP contribution in [0.5, 0.6) is 0 Å². The molecule has 0 aliphatic heterocycles. The van der Waals surface area contributed by atoms with Crippen molar-refractivity contribution in [2.75, 3.05) is 11.9 Å². The molecule has 0 fully saturated rings. The highest BCUT2D eigenvalue weighted by atomic mass is 32.2. The number of thioether (sulfide) groups is 1. The highest BCUT2D eigenvalue weighted by Crippen LogP contribution is 2.24. The quantitative estimate of drug-likeness (QED) is 0.630. The summed E-state index contributed by atoms with van der Waals surface area (Å²) in [6.07, 6.45) is 0. The predicted octanol–water partition coefficient (Wildman–Crippen LogP) is 3.53. The third-order valence-corrected chi connectivity index (χ3v) is 2.87. The third-order valence-electron chi connectivity index (χ3n) is 1.95. The Labute approximate surface area is 102 Å². The lowest BCUT2D eigenvalue weighted by atomic mass is 10.2. The maximum Gasteiger partial charge on any atom is 0.134 e. The molecule has 1 aromatic rings. The average Bonchev–Trinajstić information content (AvgIpc) is 2.16. The van der Waals surface area contributed by atoms with E-state index in [0.29, 0.717) is 11.2 Å². The molecule has 0 saturated heterocycles. The summed E-state index contributed by atoms with van der Waals surface area (Å²) in [7, 11) is 0. The van der Waals surface area contributed by atoms with Gasteiger partial charge in [-0.2, -0.15) is 0 Å². The fourth-order valence-electron chi connectivity index (χ4n) is 1.27. The standard InChI is InChI=1S/C12H21N3S/c1-6-13-10-7-11(16-9(4)5)15-12(14-10)8(2)3/h7-9H,6H2,1-5H3,(H,13,14,15). The molecule has 0 aliphatic rings. The summed E-state index contributed by atoms with van der Waals surface area (Å²) in [5, 5.41) is 4.86. The molecule has 0 aromatic carbocycles. The van der Waals surface area contributed by atoms with Gasteiger partial charge in [0.2, 0.25) is 0 Å². The first-order valence-electron chi connectivity index (χ1n) is 5.82. The Morgan fingerprint density at radius 3 is 2.44 bits per heavy atom. The van der Waals surface area contributed by atoms with E-state index in [1.807, 2.05) is 6.07 Å². The van der Waals surface area contributed by atoms with E-state index >= 15 is 0 Å². The van der Waals surface area contributed by atoms with Crippen LogP contribution in [0.15, 0.2) is 11.1 Å². The Bertz CT molecular complexity index is 337. The van der Waals surface area contributed by atoms with Gasteiger partial charge in [0, 0.05) is 23.8 Å². The molecule has 1 aromatic heterocycles. The van der Waals surface area contributed by atoms with E-state index < -0.39 is 0 Å². The van der Waals surface area contributed by atoms with Crippen LogP contribution in [0.4, 0.5) is 5.82 Å². The van der Waals surface area contributed by atoms with Crippen molar-refractivity contribution in [1.29, 1.82) is 0 Å². The first-order valence-corrected chi connectivity index (χ1v) is 6.70. The maximum absolute atomic E-state index is 4.57. The Balaban J connectivity index is 2.98. The van der Waals surface area contributed by atoms with Crippen molar-refractivity contribution in [1.82, 2.24) is 9.97 Å². The highest BCUT2D eigenvalue weighted by Gasteiger charge is 2.09. The third kappa shape index (κ3) is 4.00. The largest absolute Gasteiger partial charge is 0.370 e. The summed E-state index contributed by atoms with van der Waals surface area (Å²) >= 11 is 1.78. The SMILES string of the molecule is CCNc1cc(SC(C)C)nc(C(C)C)n1. The van der Waals surface area contributed by atoms with Gasteiger partial charge in [-0.3, -0.25) is 0 Å². The van der Waals surface area contributed by atoms with Gasteiger partial charge in [0.15, 0.2) is 0 Å². The Morgan fingerprint density at radius 2 is 1.94 bits per heavy atom. The molecule has 1 N–H and O–H groups in total. The molecule has 4 heteroatoms. The second-order valence-corrected chi connectivity index (χ2v) is 5.90. The molecule has 0 bridgehead atoms. The second-order valence-electron chi connectivity index (χ2n) is 4.30. The van der Waals surface area contributed by atoms with Gasteiger partial charge in [-0.25, -0.2) is 9.97 Å².